The van der Waals surface area contributed by atoms with E-state index < -0.39 is 0 Å². The van der Waals surface area contributed by atoms with E-state index in [1.807, 2.05) is 13.1 Å². The molecule has 3 heteroatoms. The van der Waals surface area contributed by atoms with E-state index >= 15 is 0 Å². The summed E-state index contributed by atoms with van der Waals surface area (Å²) in [5.74, 6) is 0.344. The first-order valence-corrected chi connectivity index (χ1v) is 7.91. The van der Waals surface area contributed by atoms with E-state index in [0.29, 0.717) is 17.4 Å². The van der Waals surface area contributed by atoms with Crippen molar-refractivity contribution in [2.24, 2.45) is 11.3 Å². The van der Waals surface area contributed by atoms with Crippen molar-refractivity contribution in [3.8, 4) is 0 Å². The van der Waals surface area contributed by atoms with E-state index in [0.717, 1.165) is 12.0 Å². The van der Waals surface area contributed by atoms with Crippen molar-refractivity contribution in [2.75, 3.05) is 7.05 Å². The van der Waals surface area contributed by atoms with Crippen molar-refractivity contribution < 1.29 is 4.39 Å². The van der Waals surface area contributed by atoms with Gasteiger partial charge in [0.05, 0.1) is 5.02 Å². The Labute approximate surface area is 126 Å². The smallest absolute Gasteiger partial charge is 0.142 e. The summed E-state index contributed by atoms with van der Waals surface area (Å²) in [5, 5.41) is 3.69. The van der Waals surface area contributed by atoms with Gasteiger partial charge in [0.2, 0.25) is 0 Å². The molecule has 1 saturated carbocycles. The van der Waals surface area contributed by atoms with Crippen LogP contribution in [0, 0.1) is 17.2 Å². The molecule has 1 atom stereocenters. The van der Waals surface area contributed by atoms with Crippen LogP contribution in [0.2, 0.25) is 5.02 Å². The lowest BCUT2D eigenvalue weighted by atomic mass is 9.70. The van der Waals surface area contributed by atoms with Gasteiger partial charge in [-0.05, 0) is 62.1 Å². The highest BCUT2D eigenvalue weighted by atomic mass is 35.5. The maximum absolute atomic E-state index is 13.5. The van der Waals surface area contributed by atoms with Gasteiger partial charge in [-0.15, -0.1) is 0 Å². The minimum atomic E-state index is -0.316. The minimum absolute atomic E-state index is 0.281. The van der Waals surface area contributed by atoms with Crippen molar-refractivity contribution in [1.29, 1.82) is 0 Å². The van der Waals surface area contributed by atoms with Crippen LogP contribution in [0.3, 0.4) is 0 Å². The number of benzene rings is 1. The Morgan fingerprint density at radius 1 is 1.35 bits per heavy atom. The van der Waals surface area contributed by atoms with Gasteiger partial charge in [-0.3, -0.25) is 0 Å². The van der Waals surface area contributed by atoms with Crippen LogP contribution in [0.15, 0.2) is 18.2 Å². The molecule has 112 valence electrons. The van der Waals surface area contributed by atoms with Crippen LogP contribution in [-0.2, 0) is 6.42 Å². The van der Waals surface area contributed by atoms with Crippen LogP contribution in [0.25, 0.3) is 0 Å². The fourth-order valence-electron chi connectivity index (χ4n) is 3.27. The zero-order valence-electron chi connectivity index (χ0n) is 12.7. The fourth-order valence-corrected chi connectivity index (χ4v) is 3.47. The van der Waals surface area contributed by atoms with E-state index in [2.05, 4.69) is 19.2 Å². The first kappa shape index (κ1) is 15.8. The molecule has 0 aromatic heterocycles. The molecule has 0 aliphatic heterocycles. The zero-order valence-corrected chi connectivity index (χ0v) is 13.4. The lowest BCUT2D eigenvalue weighted by Gasteiger charge is -2.38. The van der Waals surface area contributed by atoms with Gasteiger partial charge in [0, 0.05) is 6.04 Å². The largest absolute Gasteiger partial charge is 0.316 e. The SMILES string of the molecule is CNC(Cc1cccc(F)c1Cl)C1CCC(C)(C)CC1. The summed E-state index contributed by atoms with van der Waals surface area (Å²) >= 11 is 6.08. The standard InChI is InChI=1S/C17H25ClFN/c1-17(2)9-7-12(8-10-17)15(20-3)11-13-5-4-6-14(19)16(13)18/h4-6,12,15,20H,7-11H2,1-3H3. The number of rotatable bonds is 4. The van der Waals surface area contributed by atoms with Crippen molar-refractivity contribution in [2.45, 2.75) is 52.0 Å². The number of hydrogen-bond acceptors (Lipinski definition) is 1. The van der Waals surface area contributed by atoms with Crippen molar-refractivity contribution >= 4 is 11.6 Å². The molecule has 0 spiro atoms. The maximum Gasteiger partial charge on any atom is 0.142 e. The highest BCUT2D eigenvalue weighted by Crippen LogP contribution is 2.39. The van der Waals surface area contributed by atoms with Crippen LogP contribution >= 0.6 is 11.6 Å². The maximum atomic E-state index is 13.5. The summed E-state index contributed by atoms with van der Waals surface area (Å²) in [5.41, 5.74) is 1.39. The van der Waals surface area contributed by atoms with Gasteiger partial charge < -0.3 is 5.32 Å². The number of hydrogen-bond donors (Lipinski definition) is 1. The molecule has 1 aromatic rings. The van der Waals surface area contributed by atoms with Gasteiger partial charge in [-0.1, -0.05) is 37.6 Å². The molecule has 0 heterocycles. The highest BCUT2D eigenvalue weighted by molar-refractivity contribution is 6.31. The van der Waals surface area contributed by atoms with Gasteiger partial charge in [0.15, 0.2) is 0 Å². The monoisotopic (exact) mass is 297 g/mol. The van der Waals surface area contributed by atoms with Crippen molar-refractivity contribution in [3.05, 3.63) is 34.6 Å². The Morgan fingerprint density at radius 2 is 2.00 bits per heavy atom. The number of nitrogens with one attached hydrogen (secondary N) is 1. The van der Waals surface area contributed by atoms with Gasteiger partial charge in [-0.25, -0.2) is 4.39 Å². The molecule has 0 saturated heterocycles. The summed E-state index contributed by atoms with van der Waals surface area (Å²) in [4.78, 5) is 0. The summed E-state index contributed by atoms with van der Waals surface area (Å²) in [7, 11) is 2.00. The Kier molecular flexibility index (Phi) is 5.09. The molecule has 0 radical (unpaired) electrons. The molecule has 20 heavy (non-hydrogen) atoms. The van der Waals surface area contributed by atoms with Gasteiger partial charge in [-0.2, -0.15) is 0 Å². The third kappa shape index (κ3) is 3.73. The molecule has 0 amide bonds. The first-order valence-electron chi connectivity index (χ1n) is 7.53. The summed E-state index contributed by atoms with van der Waals surface area (Å²) in [6.07, 6.45) is 5.83. The topological polar surface area (TPSA) is 12.0 Å². The average molecular weight is 298 g/mol. The fraction of sp³-hybridized carbons (Fsp3) is 0.647. The van der Waals surface area contributed by atoms with Crippen LogP contribution < -0.4 is 5.32 Å². The highest BCUT2D eigenvalue weighted by Gasteiger charge is 2.31. The Balaban J connectivity index is 2.04. The predicted octanol–water partition coefficient (Wildman–Crippen LogP) is 4.83. The Morgan fingerprint density at radius 3 is 2.60 bits per heavy atom. The second-order valence-electron chi connectivity index (χ2n) is 6.81. The number of halogens is 2. The van der Waals surface area contributed by atoms with Crippen molar-refractivity contribution in [3.63, 3.8) is 0 Å². The summed E-state index contributed by atoms with van der Waals surface area (Å²) in [6, 6.07) is 5.48. The molecule has 1 N–H and O–H groups in total. The molecule has 1 aliphatic carbocycles. The van der Waals surface area contributed by atoms with Crippen LogP contribution in [0.1, 0.15) is 45.1 Å². The molecule has 1 aliphatic rings. The summed E-state index contributed by atoms with van der Waals surface area (Å²) < 4.78 is 13.5. The van der Waals surface area contributed by atoms with E-state index in [1.165, 1.54) is 31.7 Å². The van der Waals surface area contributed by atoms with Gasteiger partial charge in [0.1, 0.15) is 5.82 Å². The molecule has 1 nitrogen and oxygen atoms in total. The third-order valence-electron chi connectivity index (χ3n) is 4.80. The first-order chi connectivity index (χ1) is 9.43. The van der Waals surface area contributed by atoms with Crippen LogP contribution in [-0.4, -0.2) is 13.1 Å². The van der Waals surface area contributed by atoms with Gasteiger partial charge in [0.25, 0.3) is 0 Å². The molecule has 2 rings (SSSR count). The quantitative estimate of drug-likeness (QED) is 0.839. The van der Waals surface area contributed by atoms with Crippen LogP contribution in [0.5, 0.6) is 0 Å². The Hall–Kier alpha value is -0.600. The lowest BCUT2D eigenvalue weighted by molar-refractivity contribution is 0.163. The molecular weight excluding hydrogens is 273 g/mol. The zero-order chi connectivity index (χ0) is 14.8. The lowest BCUT2D eigenvalue weighted by Crippen LogP contribution is -2.39. The molecule has 1 fully saturated rings. The van der Waals surface area contributed by atoms with E-state index in [9.17, 15) is 4.39 Å². The second-order valence-corrected chi connectivity index (χ2v) is 7.19. The second kappa shape index (κ2) is 6.44. The Bertz CT molecular complexity index is 448. The third-order valence-corrected chi connectivity index (χ3v) is 5.22. The number of likely N-dealkylation sites (N-methyl/N-ethyl adjacent to an activating group) is 1. The molecule has 1 aromatic carbocycles. The molecular formula is C17H25ClFN. The predicted molar refractivity (Wildman–Crippen MR) is 83.7 cm³/mol. The normalized spacial score (nSPS) is 20.9. The average Bonchev–Trinajstić information content (AvgIpc) is 2.41. The molecule has 0 bridgehead atoms. The van der Waals surface area contributed by atoms with Crippen LogP contribution in [0.4, 0.5) is 4.39 Å². The van der Waals surface area contributed by atoms with E-state index in [1.54, 1.807) is 6.07 Å². The summed E-state index contributed by atoms with van der Waals surface area (Å²) in [6.45, 7) is 4.70. The molecule has 1 unspecified atom stereocenters. The van der Waals surface area contributed by atoms with Crippen molar-refractivity contribution in [1.82, 2.24) is 5.32 Å². The minimum Gasteiger partial charge on any atom is -0.316 e. The van der Waals surface area contributed by atoms with E-state index in [-0.39, 0.29) is 10.8 Å². The van der Waals surface area contributed by atoms with E-state index in [4.69, 9.17) is 11.6 Å². The van der Waals surface area contributed by atoms with Gasteiger partial charge >= 0.3 is 0 Å².